The summed E-state index contributed by atoms with van der Waals surface area (Å²) in [5.41, 5.74) is 5.87. The highest BCUT2D eigenvalue weighted by Gasteiger charge is 2.18. The summed E-state index contributed by atoms with van der Waals surface area (Å²) < 4.78 is 3.06. The number of nitrogens with one attached hydrogen (secondary N) is 1. The molecule has 2 aromatic carbocycles. The average Bonchev–Trinajstić information content (AvgIpc) is 2.95. The van der Waals surface area contributed by atoms with Gasteiger partial charge in [-0.2, -0.15) is 5.10 Å². The van der Waals surface area contributed by atoms with Crippen LogP contribution in [0.5, 0.6) is 0 Å². The second kappa shape index (κ2) is 8.18. The summed E-state index contributed by atoms with van der Waals surface area (Å²) in [6.07, 6.45) is 1.53. The van der Waals surface area contributed by atoms with Gasteiger partial charge < -0.3 is 4.57 Å². The van der Waals surface area contributed by atoms with Crippen molar-refractivity contribution in [1.29, 1.82) is 0 Å². The first-order chi connectivity index (χ1) is 13.4. The van der Waals surface area contributed by atoms with Crippen LogP contribution in [0.15, 0.2) is 64.2 Å². The summed E-state index contributed by atoms with van der Waals surface area (Å²) in [5.74, 6) is -0.635. The van der Waals surface area contributed by atoms with Gasteiger partial charge in [-0.25, -0.2) is 5.43 Å². The maximum Gasteiger partial charge on any atom is 0.282 e. The number of hydrogen-bond acceptors (Lipinski definition) is 4. The molecule has 3 rings (SSSR count). The largest absolute Gasteiger partial charge is 0.318 e. The van der Waals surface area contributed by atoms with Crippen LogP contribution in [0.3, 0.4) is 0 Å². The number of halogens is 1. The van der Waals surface area contributed by atoms with Gasteiger partial charge >= 0.3 is 0 Å². The van der Waals surface area contributed by atoms with Crippen LogP contribution in [-0.4, -0.2) is 21.6 Å². The number of hydrazone groups is 1. The molecule has 142 valence electrons. The number of nitro groups is 1. The first-order valence-electron chi connectivity index (χ1n) is 8.40. The minimum absolute atomic E-state index is 0.0377. The molecule has 28 heavy (non-hydrogen) atoms. The molecule has 0 saturated heterocycles. The number of carbonyl (C=O) groups excluding carboxylic acids is 1. The summed E-state index contributed by atoms with van der Waals surface area (Å²) in [6.45, 7) is 3.94. The third-order valence-electron chi connectivity index (χ3n) is 4.25. The molecule has 0 saturated carbocycles. The lowest BCUT2D eigenvalue weighted by atomic mass is 10.2. The smallest absolute Gasteiger partial charge is 0.282 e. The highest BCUT2D eigenvalue weighted by Crippen LogP contribution is 2.22. The molecule has 0 radical (unpaired) electrons. The van der Waals surface area contributed by atoms with E-state index in [9.17, 15) is 14.9 Å². The summed E-state index contributed by atoms with van der Waals surface area (Å²) in [5, 5.41) is 15.0. The Kier molecular flexibility index (Phi) is 5.70. The molecule has 1 amide bonds. The van der Waals surface area contributed by atoms with Crippen molar-refractivity contribution in [1.82, 2.24) is 9.99 Å². The number of nitro benzene ring substituents is 1. The van der Waals surface area contributed by atoms with Gasteiger partial charge in [0.1, 0.15) is 5.56 Å². The Morgan fingerprint density at radius 1 is 1.18 bits per heavy atom. The van der Waals surface area contributed by atoms with E-state index in [2.05, 4.69) is 31.0 Å². The molecule has 0 aliphatic heterocycles. The summed E-state index contributed by atoms with van der Waals surface area (Å²) in [6, 6.07) is 15.6. The minimum atomic E-state index is -0.635. The Morgan fingerprint density at radius 3 is 2.64 bits per heavy atom. The fourth-order valence-electron chi connectivity index (χ4n) is 2.98. The zero-order valence-electron chi connectivity index (χ0n) is 15.2. The zero-order chi connectivity index (χ0) is 20.3. The van der Waals surface area contributed by atoms with Crippen molar-refractivity contribution < 1.29 is 9.72 Å². The molecule has 0 fully saturated rings. The number of carbonyl (C=O) groups is 1. The number of aromatic nitrogens is 1. The van der Waals surface area contributed by atoms with Crippen LogP contribution in [0, 0.1) is 24.0 Å². The van der Waals surface area contributed by atoms with Crippen LogP contribution >= 0.6 is 15.9 Å². The lowest BCUT2D eigenvalue weighted by Crippen LogP contribution is -2.19. The fraction of sp³-hybridized carbons (Fsp3) is 0.100. The van der Waals surface area contributed by atoms with Crippen molar-refractivity contribution in [2.24, 2.45) is 5.10 Å². The Labute approximate surface area is 170 Å². The summed E-state index contributed by atoms with van der Waals surface area (Å²) in [4.78, 5) is 22.7. The van der Waals surface area contributed by atoms with Gasteiger partial charge in [0.25, 0.3) is 11.6 Å². The molecular formula is C20H17BrN4O3. The number of rotatable bonds is 5. The van der Waals surface area contributed by atoms with Gasteiger partial charge in [0, 0.05) is 33.2 Å². The molecule has 1 N–H and O–H groups in total. The molecule has 0 bridgehead atoms. The van der Waals surface area contributed by atoms with Crippen molar-refractivity contribution >= 4 is 33.7 Å². The second-order valence-electron chi connectivity index (χ2n) is 6.12. The van der Waals surface area contributed by atoms with E-state index >= 15 is 0 Å². The van der Waals surface area contributed by atoms with Gasteiger partial charge in [-0.05, 0) is 44.2 Å². The maximum absolute atomic E-state index is 12.2. The normalized spacial score (nSPS) is 11.0. The zero-order valence-corrected chi connectivity index (χ0v) is 16.8. The van der Waals surface area contributed by atoms with E-state index in [1.54, 1.807) is 6.07 Å². The van der Waals surface area contributed by atoms with Crippen molar-refractivity contribution in [3.63, 3.8) is 0 Å². The summed E-state index contributed by atoms with van der Waals surface area (Å²) in [7, 11) is 0. The monoisotopic (exact) mass is 440 g/mol. The number of aryl methyl sites for hydroxylation is 1. The molecule has 1 aromatic heterocycles. The van der Waals surface area contributed by atoms with Gasteiger partial charge in [0.15, 0.2) is 0 Å². The van der Waals surface area contributed by atoms with E-state index < -0.39 is 10.8 Å². The van der Waals surface area contributed by atoms with E-state index in [-0.39, 0.29) is 11.3 Å². The lowest BCUT2D eigenvalue weighted by molar-refractivity contribution is -0.385. The highest BCUT2D eigenvalue weighted by molar-refractivity contribution is 9.10. The third-order valence-corrected chi connectivity index (χ3v) is 4.75. The number of benzene rings is 2. The lowest BCUT2D eigenvalue weighted by Gasteiger charge is -2.09. The van der Waals surface area contributed by atoms with Gasteiger partial charge in [-0.1, -0.05) is 34.1 Å². The number of nitrogens with zero attached hydrogens (tertiary/aromatic N) is 3. The Balaban J connectivity index is 1.82. The van der Waals surface area contributed by atoms with Crippen LogP contribution in [-0.2, 0) is 0 Å². The molecule has 0 aliphatic carbocycles. The van der Waals surface area contributed by atoms with Crippen molar-refractivity contribution in [3.8, 4) is 5.69 Å². The van der Waals surface area contributed by atoms with E-state index in [1.165, 1.54) is 24.4 Å². The molecule has 8 heteroatoms. The van der Waals surface area contributed by atoms with Crippen LogP contribution in [0.25, 0.3) is 5.69 Å². The first-order valence-corrected chi connectivity index (χ1v) is 9.19. The van der Waals surface area contributed by atoms with E-state index in [1.807, 2.05) is 44.2 Å². The van der Waals surface area contributed by atoms with Crippen LogP contribution in [0.1, 0.15) is 27.3 Å². The molecule has 1 heterocycles. The average molecular weight is 441 g/mol. The molecule has 7 nitrogen and oxygen atoms in total. The van der Waals surface area contributed by atoms with Gasteiger partial charge in [-0.3, -0.25) is 14.9 Å². The van der Waals surface area contributed by atoms with Gasteiger partial charge in [0.05, 0.1) is 11.1 Å². The summed E-state index contributed by atoms with van der Waals surface area (Å²) >= 11 is 3.48. The Morgan fingerprint density at radius 2 is 1.93 bits per heavy atom. The standard InChI is InChI=1S/C20H17BrN4O3/c1-13-10-15(14(2)24(13)17-7-5-6-16(21)11-17)12-22-23-20(26)18-8-3-4-9-19(18)25(27)28/h3-12H,1-2H3,(H,23,26)/b22-12-. The fourth-order valence-corrected chi connectivity index (χ4v) is 3.36. The molecule has 3 aromatic rings. The molecule has 0 atom stereocenters. The minimum Gasteiger partial charge on any atom is -0.318 e. The predicted molar refractivity (Wildman–Crippen MR) is 111 cm³/mol. The molecule has 0 spiro atoms. The van der Waals surface area contributed by atoms with Gasteiger partial charge in [-0.15, -0.1) is 0 Å². The topological polar surface area (TPSA) is 89.5 Å². The second-order valence-corrected chi connectivity index (χ2v) is 7.03. The molecular weight excluding hydrogens is 424 g/mol. The quantitative estimate of drug-likeness (QED) is 0.359. The van der Waals surface area contributed by atoms with Crippen LogP contribution in [0.4, 0.5) is 5.69 Å². The number of amides is 1. The Hall–Kier alpha value is -3.26. The third kappa shape index (κ3) is 4.01. The highest BCUT2D eigenvalue weighted by atomic mass is 79.9. The van der Waals surface area contributed by atoms with Crippen LogP contribution in [0.2, 0.25) is 0 Å². The van der Waals surface area contributed by atoms with Gasteiger partial charge in [0.2, 0.25) is 0 Å². The molecule has 0 aliphatic rings. The molecule has 0 unspecified atom stereocenters. The van der Waals surface area contributed by atoms with E-state index in [4.69, 9.17) is 0 Å². The maximum atomic E-state index is 12.2. The first kappa shape index (κ1) is 19.5. The predicted octanol–water partition coefficient (Wildman–Crippen LogP) is 4.53. The van der Waals surface area contributed by atoms with Crippen molar-refractivity contribution in [2.75, 3.05) is 0 Å². The number of hydrogen-bond donors (Lipinski definition) is 1. The van der Waals surface area contributed by atoms with Crippen molar-refractivity contribution in [2.45, 2.75) is 13.8 Å². The Bertz CT molecular complexity index is 1090. The SMILES string of the molecule is Cc1cc(/C=N\NC(=O)c2ccccc2[N+](=O)[O-])c(C)n1-c1cccc(Br)c1. The van der Waals surface area contributed by atoms with E-state index in [0.29, 0.717) is 0 Å². The number of para-hydroxylation sites is 1. The van der Waals surface area contributed by atoms with Crippen molar-refractivity contribution in [3.05, 3.63) is 91.7 Å². The van der Waals surface area contributed by atoms with E-state index in [0.717, 1.165) is 27.1 Å². The van der Waals surface area contributed by atoms with Crippen LogP contribution < -0.4 is 5.43 Å².